The van der Waals surface area contributed by atoms with Crippen molar-refractivity contribution in [3.8, 4) is 11.6 Å². The number of benzene rings is 1. The van der Waals surface area contributed by atoms with E-state index in [9.17, 15) is 4.79 Å². The van der Waals surface area contributed by atoms with Crippen LogP contribution in [0.3, 0.4) is 0 Å². The maximum atomic E-state index is 12.3. The lowest BCUT2D eigenvalue weighted by molar-refractivity contribution is 0.102. The topological polar surface area (TPSA) is 124 Å². The molecule has 0 fully saturated rings. The number of hydrogen-bond acceptors (Lipinski definition) is 7. The molecule has 9 nitrogen and oxygen atoms in total. The predicted molar refractivity (Wildman–Crippen MR) is 85.1 cm³/mol. The zero-order valence-electron chi connectivity index (χ0n) is 12.2. The summed E-state index contributed by atoms with van der Waals surface area (Å²) in [6.45, 7) is 0. The SMILES string of the molecule is Nc1nc(NC(=O)c2ccccc2)n2nc(-c3ccco3)nc2n1. The predicted octanol–water partition coefficient (Wildman–Crippen LogP) is 1.61. The van der Waals surface area contributed by atoms with Gasteiger partial charge in [-0.3, -0.25) is 10.1 Å². The van der Waals surface area contributed by atoms with Crippen LogP contribution in [0.15, 0.2) is 53.1 Å². The fourth-order valence-corrected chi connectivity index (χ4v) is 2.16. The first-order chi connectivity index (χ1) is 11.7. The summed E-state index contributed by atoms with van der Waals surface area (Å²) in [5.74, 6) is 0.748. The third-order valence-corrected chi connectivity index (χ3v) is 3.23. The van der Waals surface area contributed by atoms with Crippen LogP contribution in [-0.2, 0) is 0 Å². The van der Waals surface area contributed by atoms with Crippen molar-refractivity contribution in [2.75, 3.05) is 11.1 Å². The van der Waals surface area contributed by atoms with E-state index in [1.807, 2.05) is 6.07 Å². The van der Waals surface area contributed by atoms with Crippen LogP contribution in [-0.4, -0.2) is 30.5 Å². The molecule has 0 saturated carbocycles. The highest BCUT2D eigenvalue weighted by Gasteiger charge is 2.16. The van der Waals surface area contributed by atoms with Crippen LogP contribution in [0.25, 0.3) is 17.4 Å². The number of anilines is 2. The van der Waals surface area contributed by atoms with Gasteiger partial charge in [0.25, 0.3) is 11.7 Å². The van der Waals surface area contributed by atoms with Crippen molar-refractivity contribution < 1.29 is 9.21 Å². The summed E-state index contributed by atoms with van der Waals surface area (Å²) in [6, 6.07) is 12.2. The molecule has 1 amide bonds. The van der Waals surface area contributed by atoms with Gasteiger partial charge < -0.3 is 10.2 Å². The van der Waals surface area contributed by atoms with Gasteiger partial charge >= 0.3 is 0 Å². The molecule has 0 atom stereocenters. The number of carbonyl (C=O) groups is 1. The van der Waals surface area contributed by atoms with E-state index in [2.05, 4.69) is 25.4 Å². The first-order valence-corrected chi connectivity index (χ1v) is 7.01. The normalized spacial score (nSPS) is 10.8. The number of amides is 1. The van der Waals surface area contributed by atoms with Gasteiger partial charge in [0.15, 0.2) is 5.76 Å². The van der Waals surface area contributed by atoms with E-state index in [1.165, 1.54) is 10.8 Å². The fraction of sp³-hybridized carbons (Fsp3) is 0. The molecule has 0 saturated heterocycles. The Morgan fingerprint density at radius 3 is 2.67 bits per heavy atom. The molecule has 0 radical (unpaired) electrons. The Morgan fingerprint density at radius 1 is 1.08 bits per heavy atom. The lowest BCUT2D eigenvalue weighted by atomic mass is 10.2. The number of carbonyl (C=O) groups excluding carboxylic acids is 1. The van der Waals surface area contributed by atoms with Crippen LogP contribution in [0.4, 0.5) is 11.9 Å². The van der Waals surface area contributed by atoms with Gasteiger partial charge in [0.2, 0.25) is 17.7 Å². The molecule has 0 aliphatic heterocycles. The highest BCUT2D eigenvalue weighted by Crippen LogP contribution is 2.18. The van der Waals surface area contributed by atoms with Gasteiger partial charge in [0.05, 0.1) is 6.26 Å². The summed E-state index contributed by atoms with van der Waals surface area (Å²) in [5, 5.41) is 6.92. The van der Waals surface area contributed by atoms with Gasteiger partial charge in [-0.1, -0.05) is 18.2 Å². The molecule has 3 aromatic heterocycles. The van der Waals surface area contributed by atoms with E-state index in [-0.39, 0.29) is 23.6 Å². The number of nitrogens with one attached hydrogen (secondary N) is 1. The molecule has 9 heteroatoms. The largest absolute Gasteiger partial charge is 0.461 e. The monoisotopic (exact) mass is 321 g/mol. The molecule has 3 heterocycles. The molecule has 0 spiro atoms. The summed E-state index contributed by atoms with van der Waals surface area (Å²) in [4.78, 5) is 24.6. The van der Waals surface area contributed by atoms with E-state index in [4.69, 9.17) is 10.2 Å². The van der Waals surface area contributed by atoms with Gasteiger partial charge in [-0.05, 0) is 24.3 Å². The Kier molecular flexibility index (Phi) is 3.16. The van der Waals surface area contributed by atoms with E-state index in [1.54, 1.807) is 36.4 Å². The minimum absolute atomic E-state index is 0.0238. The van der Waals surface area contributed by atoms with Crippen molar-refractivity contribution in [3.05, 3.63) is 54.3 Å². The van der Waals surface area contributed by atoms with Crippen LogP contribution in [0, 0.1) is 0 Å². The minimum atomic E-state index is -0.343. The first-order valence-electron chi connectivity index (χ1n) is 7.01. The van der Waals surface area contributed by atoms with Crippen molar-refractivity contribution in [1.29, 1.82) is 0 Å². The quantitative estimate of drug-likeness (QED) is 0.587. The van der Waals surface area contributed by atoms with E-state index in [0.717, 1.165) is 0 Å². The third-order valence-electron chi connectivity index (χ3n) is 3.23. The molecule has 1 aromatic carbocycles. The Hall–Kier alpha value is -3.75. The van der Waals surface area contributed by atoms with E-state index < -0.39 is 0 Å². The highest BCUT2D eigenvalue weighted by atomic mass is 16.3. The van der Waals surface area contributed by atoms with Gasteiger partial charge in [-0.2, -0.15) is 19.5 Å². The van der Waals surface area contributed by atoms with Crippen LogP contribution in [0.2, 0.25) is 0 Å². The number of nitrogens with two attached hydrogens (primary N) is 1. The third kappa shape index (κ3) is 2.43. The van der Waals surface area contributed by atoms with Crippen molar-refractivity contribution in [3.63, 3.8) is 0 Å². The van der Waals surface area contributed by atoms with Crippen LogP contribution in [0.1, 0.15) is 10.4 Å². The molecule has 24 heavy (non-hydrogen) atoms. The molecule has 4 rings (SSSR count). The second kappa shape index (κ2) is 5.47. The molecule has 3 N–H and O–H groups in total. The summed E-state index contributed by atoms with van der Waals surface area (Å²) in [5.41, 5.74) is 6.17. The molecule has 118 valence electrons. The number of aromatic nitrogens is 5. The molecule has 0 unspecified atom stereocenters. The second-order valence-electron chi connectivity index (χ2n) is 4.85. The van der Waals surface area contributed by atoms with Gasteiger partial charge in [0, 0.05) is 5.56 Å². The number of nitrogens with zero attached hydrogens (tertiary/aromatic N) is 5. The number of furan rings is 1. The van der Waals surface area contributed by atoms with Gasteiger partial charge in [-0.25, -0.2) is 0 Å². The maximum Gasteiger partial charge on any atom is 0.259 e. The average Bonchev–Trinajstić information content (AvgIpc) is 3.24. The highest BCUT2D eigenvalue weighted by molar-refractivity contribution is 6.03. The zero-order chi connectivity index (χ0) is 16.5. The summed E-state index contributed by atoms with van der Waals surface area (Å²) in [6.07, 6.45) is 1.51. The lowest BCUT2D eigenvalue weighted by Crippen LogP contribution is -2.17. The molecule has 0 aliphatic rings. The van der Waals surface area contributed by atoms with Crippen molar-refractivity contribution in [2.24, 2.45) is 0 Å². The van der Waals surface area contributed by atoms with Crippen molar-refractivity contribution in [1.82, 2.24) is 24.6 Å². The minimum Gasteiger partial charge on any atom is -0.461 e. The number of fused-ring (bicyclic) bond motifs is 1. The standard InChI is InChI=1S/C15H11N7O2/c16-13-19-14-17-11(10-7-4-8-24-10)21-22(14)15(20-13)18-12(23)9-5-2-1-3-6-9/h1-8H,(H3,16,17,18,19,20,21,23). The summed E-state index contributed by atoms with van der Waals surface area (Å²) < 4.78 is 6.57. The molecular weight excluding hydrogens is 310 g/mol. The van der Waals surface area contributed by atoms with E-state index >= 15 is 0 Å². The first kappa shape index (κ1) is 13.9. The van der Waals surface area contributed by atoms with Crippen LogP contribution in [0.5, 0.6) is 0 Å². The Balaban J connectivity index is 1.76. The van der Waals surface area contributed by atoms with Crippen molar-refractivity contribution >= 4 is 23.6 Å². The summed E-state index contributed by atoms with van der Waals surface area (Å²) >= 11 is 0. The van der Waals surface area contributed by atoms with Crippen LogP contribution < -0.4 is 11.1 Å². The zero-order valence-corrected chi connectivity index (χ0v) is 12.2. The molecule has 0 aliphatic carbocycles. The number of nitrogen functional groups attached to an aromatic ring is 1. The number of hydrogen-bond donors (Lipinski definition) is 2. The van der Waals surface area contributed by atoms with Gasteiger partial charge in [0.1, 0.15) is 0 Å². The Bertz CT molecular complexity index is 1010. The Labute approximate surface area is 135 Å². The second-order valence-corrected chi connectivity index (χ2v) is 4.85. The average molecular weight is 321 g/mol. The van der Waals surface area contributed by atoms with E-state index in [0.29, 0.717) is 17.1 Å². The van der Waals surface area contributed by atoms with Crippen molar-refractivity contribution in [2.45, 2.75) is 0 Å². The molecular formula is C15H11N7O2. The maximum absolute atomic E-state index is 12.3. The smallest absolute Gasteiger partial charge is 0.259 e. The molecule has 0 bridgehead atoms. The fourth-order valence-electron chi connectivity index (χ4n) is 2.16. The molecule has 4 aromatic rings. The summed E-state index contributed by atoms with van der Waals surface area (Å²) in [7, 11) is 0. The lowest BCUT2D eigenvalue weighted by Gasteiger charge is -2.05. The van der Waals surface area contributed by atoms with Gasteiger partial charge in [-0.15, -0.1) is 5.10 Å². The number of rotatable bonds is 3. The Morgan fingerprint density at radius 2 is 1.92 bits per heavy atom. The van der Waals surface area contributed by atoms with Crippen LogP contribution >= 0.6 is 0 Å².